The summed E-state index contributed by atoms with van der Waals surface area (Å²) in [6.07, 6.45) is -0.813. The summed E-state index contributed by atoms with van der Waals surface area (Å²) in [5, 5.41) is 9.83. The Hall–Kier alpha value is -3.27. The van der Waals surface area contributed by atoms with Crippen LogP contribution in [-0.2, 0) is 20.0 Å². The van der Waals surface area contributed by atoms with Crippen LogP contribution in [0.25, 0.3) is 0 Å². The number of hydrogen-bond donors (Lipinski definition) is 1. The van der Waals surface area contributed by atoms with E-state index in [1.54, 1.807) is 19.9 Å². The van der Waals surface area contributed by atoms with Crippen LogP contribution < -0.4 is 4.74 Å². The molecule has 0 fully saturated rings. The zero-order chi connectivity index (χ0) is 29.1. The Bertz CT molecular complexity index is 1640. The highest BCUT2D eigenvalue weighted by Crippen LogP contribution is 2.34. The molecule has 0 saturated carbocycles. The molecule has 3 aromatic rings. The lowest BCUT2D eigenvalue weighted by Crippen LogP contribution is -2.50. The van der Waals surface area contributed by atoms with Gasteiger partial charge in [0.2, 0.25) is 20.0 Å². The summed E-state index contributed by atoms with van der Waals surface area (Å²) in [6.45, 7) is 2.71. The molecule has 11 heteroatoms. The molecule has 212 valence electrons. The first kappa shape index (κ1) is 29.7. The van der Waals surface area contributed by atoms with Crippen LogP contribution in [0.15, 0.2) is 82.6 Å². The Kier molecular flexibility index (Phi) is 8.97. The van der Waals surface area contributed by atoms with E-state index in [1.807, 2.05) is 30.3 Å². The van der Waals surface area contributed by atoms with E-state index in [2.05, 4.69) is 11.8 Å². The highest BCUT2D eigenvalue weighted by Gasteiger charge is 2.39. The smallest absolute Gasteiger partial charge is 0.247 e. The summed E-state index contributed by atoms with van der Waals surface area (Å²) in [5.74, 6) is 4.68. The van der Waals surface area contributed by atoms with Gasteiger partial charge in [-0.3, -0.25) is 0 Å². The number of fused-ring (bicyclic) bond motifs is 1. The molecule has 0 radical (unpaired) electrons. The monoisotopic (exact) mass is 586 g/mol. The maximum absolute atomic E-state index is 14.4. The van der Waals surface area contributed by atoms with Crippen molar-refractivity contribution in [3.05, 3.63) is 89.7 Å². The molecule has 0 aromatic heterocycles. The second-order valence-corrected chi connectivity index (χ2v) is 13.6. The van der Waals surface area contributed by atoms with Crippen molar-refractivity contribution in [2.45, 2.75) is 35.8 Å². The second-order valence-electron chi connectivity index (χ2n) is 9.73. The number of aliphatic hydroxyl groups excluding tert-OH is 1. The van der Waals surface area contributed by atoms with Crippen molar-refractivity contribution >= 4 is 20.0 Å². The Balaban J connectivity index is 1.75. The minimum Gasteiger partial charge on any atom is -0.487 e. The van der Waals surface area contributed by atoms with Crippen LogP contribution in [0.3, 0.4) is 0 Å². The van der Waals surface area contributed by atoms with Crippen LogP contribution in [0.4, 0.5) is 4.39 Å². The second kappa shape index (κ2) is 12.1. The molecule has 0 spiro atoms. The van der Waals surface area contributed by atoms with Crippen LogP contribution in [0.5, 0.6) is 5.75 Å². The molecule has 0 bridgehead atoms. The number of hydrogen-bond acceptors (Lipinski definition) is 6. The first-order valence-corrected chi connectivity index (χ1v) is 15.5. The molecule has 0 aliphatic carbocycles. The molecule has 1 N–H and O–H groups in total. The number of nitrogens with zero attached hydrogens (tertiary/aromatic N) is 2. The third kappa shape index (κ3) is 6.22. The molecule has 3 aromatic carbocycles. The molecule has 1 aliphatic heterocycles. The van der Waals surface area contributed by atoms with Crippen molar-refractivity contribution < 1.29 is 31.1 Å². The highest BCUT2D eigenvalue weighted by molar-refractivity contribution is 7.89. The van der Waals surface area contributed by atoms with E-state index in [1.165, 1.54) is 41.7 Å². The van der Waals surface area contributed by atoms with Gasteiger partial charge in [-0.25, -0.2) is 21.2 Å². The summed E-state index contributed by atoms with van der Waals surface area (Å²) >= 11 is 0. The molecule has 40 heavy (non-hydrogen) atoms. The Morgan fingerprint density at radius 3 is 2.40 bits per heavy atom. The van der Waals surface area contributed by atoms with Gasteiger partial charge in [0.25, 0.3) is 0 Å². The van der Waals surface area contributed by atoms with Crippen molar-refractivity contribution in [3.63, 3.8) is 0 Å². The lowest BCUT2D eigenvalue weighted by Gasteiger charge is -2.37. The molecule has 4 rings (SSSR count). The molecular weight excluding hydrogens is 555 g/mol. The molecule has 0 saturated heterocycles. The number of rotatable bonds is 6. The third-order valence-corrected chi connectivity index (χ3v) is 10.6. The average Bonchev–Trinajstić information content (AvgIpc) is 2.93. The quantitative estimate of drug-likeness (QED) is 0.445. The van der Waals surface area contributed by atoms with Gasteiger partial charge in [0.1, 0.15) is 27.5 Å². The molecule has 3 atom stereocenters. The van der Waals surface area contributed by atoms with Crippen LogP contribution in [0.1, 0.15) is 25.0 Å². The summed E-state index contributed by atoms with van der Waals surface area (Å²) < 4.78 is 76.6. The van der Waals surface area contributed by atoms with Gasteiger partial charge in [0.05, 0.1) is 13.2 Å². The van der Waals surface area contributed by atoms with E-state index in [0.29, 0.717) is 5.56 Å². The number of sulfonamides is 2. The number of ether oxygens (including phenoxy) is 1. The van der Waals surface area contributed by atoms with Crippen LogP contribution >= 0.6 is 0 Å². The summed E-state index contributed by atoms with van der Waals surface area (Å²) in [4.78, 5) is -0.581. The minimum atomic E-state index is -4.21. The molecule has 1 aliphatic rings. The molecular formula is C29H31FN2O6S2. The fraction of sp³-hybridized carbons (Fsp3) is 0.310. The van der Waals surface area contributed by atoms with Crippen molar-refractivity contribution in [2.75, 3.05) is 26.7 Å². The molecule has 0 amide bonds. The van der Waals surface area contributed by atoms with Crippen molar-refractivity contribution in [2.24, 2.45) is 5.92 Å². The average molecular weight is 587 g/mol. The Morgan fingerprint density at radius 1 is 1.07 bits per heavy atom. The van der Waals surface area contributed by atoms with Gasteiger partial charge in [-0.15, -0.1) is 0 Å². The fourth-order valence-corrected chi connectivity index (χ4v) is 7.43. The van der Waals surface area contributed by atoms with Gasteiger partial charge in [0, 0.05) is 36.7 Å². The Labute approximate surface area is 235 Å². The van der Waals surface area contributed by atoms with Gasteiger partial charge in [0.15, 0.2) is 0 Å². The third-order valence-electron chi connectivity index (χ3n) is 6.75. The van der Waals surface area contributed by atoms with Gasteiger partial charge >= 0.3 is 0 Å². The standard InChI is InChI=1S/C29H31FN2O6S2/c1-21-18-32(22(2)20-33)40(36,37)29-16-15-24(14-13-23-9-5-4-6-10-23)17-26(29)38-27(21)19-31(3)39(34,35)28-12-8-7-11-25(28)30/h4-12,15-17,21-22,27,33H,18-20H2,1-3H3/t21-,22+,27-/m1/s1. The fourth-order valence-electron chi connectivity index (χ4n) is 4.36. The summed E-state index contributed by atoms with van der Waals surface area (Å²) in [6, 6.07) is 18.1. The van der Waals surface area contributed by atoms with Gasteiger partial charge < -0.3 is 9.84 Å². The summed E-state index contributed by atoms with van der Waals surface area (Å²) in [7, 11) is -6.97. The minimum absolute atomic E-state index is 0.0169. The number of benzene rings is 3. The number of halogens is 1. The van der Waals surface area contributed by atoms with Crippen LogP contribution in [0, 0.1) is 23.6 Å². The summed E-state index contributed by atoms with van der Waals surface area (Å²) in [5.41, 5.74) is 1.27. The lowest BCUT2D eigenvalue weighted by atomic mass is 10.0. The molecule has 8 nitrogen and oxygen atoms in total. The van der Waals surface area contributed by atoms with E-state index in [9.17, 15) is 26.3 Å². The van der Waals surface area contributed by atoms with E-state index in [0.717, 1.165) is 15.9 Å². The SMILES string of the molecule is C[C@@H]1CN([C@@H](C)CO)S(=O)(=O)c2ccc(C#Cc3ccccc3)cc2O[C@@H]1CN(C)S(=O)(=O)c1ccccc1F. The first-order chi connectivity index (χ1) is 18.9. The normalized spacial score (nSPS) is 19.9. The van der Waals surface area contributed by atoms with Crippen LogP contribution in [0.2, 0.25) is 0 Å². The predicted molar refractivity (Wildman–Crippen MR) is 149 cm³/mol. The highest BCUT2D eigenvalue weighted by atomic mass is 32.2. The van der Waals surface area contributed by atoms with Crippen molar-refractivity contribution in [3.8, 4) is 17.6 Å². The van der Waals surface area contributed by atoms with Gasteiger partial charge in [-0.1, -0.05) is 49.1 Å². The number of aliphatic hydroxyl groups is 1. The van der Waals surface area contributed by atoms with Gasteiger partial charge in [-0.05, 0) is 49.4 Å². The zero-order valence-electron chi connectivity index (χ0n) is 22.4. The maximum atomic E-state index is 14.4. The molecule has 0 unspecified atom stereocenters. The van der Waals surface area contributed by atoms with Crippen LogP contribution in [-0.4, -0.2) is 69.4 Å². The van der Waals surface area contributed by atoms with Crippen molar-refractivity contribution in [1.82, 2.24) is 8.61 Å². The van der Waals surface area contributed by atoms with E-state index >= 15 is 0 Å². The predicted octanol–water partition coefficient (Wildman–Crippen LogP) is 3.31. The molecule has 1 heterocycles. The number of likely N-dealkylation sites (N-methyl/N-ethyl adjacent to an activating group) is 1. The maximum Gasteiger partial charge on any atom is 0.247 e. The Morgan fingerprint density at radius 2 is 1.73 bits per heavy atom. The zero-order valence-corrected chi connectivity index (χ0v) is 24.0. The van der Waals surface area contributed by atoms with Gasteiger partial charge in [-0.2, -0.15) is 8.61 Å². The topological polar surface area (TPSA) is 104 Å². The van der Waals surface area contributed by atoms with E-state index < -0.39 is 55.4 Å². The van der Waals surface area contributed by atoms with Crippen molar-refractivity contribution in [1.29, 1.82) is 0 Å². The lowest BCUT2D eigenvalue weighted by molar-refractivity contribution is 0.0904. The van der Waals surface area contributed by atoms with E-state index in [-0.39, 0.29) is 23.7 Å². The van der Waals surface area contributed by atoms with E-state index in [4.69, 9.17) is 4.74 Å². The largest absolute Gasteiger partial charge is 0.487 e. The first-order valence-electron chi connectivity index (χ1n) is 12.7.